The predicted molar refractivity (Wildman–Crippen MR) is 92.3 cm³/mol. The first kappa shape index (κ1) is 18.0. The molecule has 0 unspecified atom stereocenters. The number of nitrogens with zero attached hydrogens (tertiary/aromatic N) is 2. The van der Waals surface area contributed by atoms with Crippen LogP contribution in [0.2, 0.25) is 0 Å². The second kappa shape index (κ2) is 7.48. The molecule has 1 heterocycles. The number of nitrogens with one attached hydrogen (secondary N) is 2. The van der Waals surface area contributed by atoms with Gasteiger partial charge in [-0.15, -0.1) is 0 Å². The van der Waals surface area contributed by atoms with E-state index in [1.54, 1.807) is 29.2 Å². The number of H-pyrrole nitrogens is 1. The van der Waals surface area contributed by atoms with E-state index in [4.69, 9.17) is 0 Å². The fourth-order valence-electron chi connectivity index (χ4n) is 2.34. The molecule has 0 aliphatic carbocycles. The van der Waals surface area contributed by atoms with Gasteiger partial charge < -0.3 is 4.90 Å². The number of aromatic amines is 1. The van der Waals surface area contributed by atoms with Gasteiger partial charge in [0.25, 0.3) is 15.9 Å². The van der Waals surface area contributed by atoms with E-state index < -0.39 is 10.0 Å². The molecule has 0 aliphatic rings. The second-order valence-electron chi connectivity index (χ2n) is 5.68. The minimum atomic E-state index is -3.80. The minimum Gasteiger partial charge on any atom is -0.336 e. The van der Waals surface area contributed by atoms with Crippen molar-refractivity contribution >= 4 is 21.6 Å². The summed E-state index contributed by atoms with van der Waals surface area (Å²) in [7, 11) is -3.80. The smallest absolute Gasteiger partial charge is 0.265 e. The average molecular weight is 350 g/mol. The summed E-state index contributed by atoms with van der Waals surface area (Å²) in [6.07, 6.45) is 3.32. The number of para-hydroxylation sites is 1. The van der Waals surface area contributed by atoms with Gasteiger partial charge in [-0.05, 0) is 32.4 Å². The molecule has 2 rings (SSSR count). The summed E-state index contributed by atoms with van der Waals surface area (Å²) < 4.78 is 27.2. The number of rotatable bonds is 7. The van der Waals surface area contributed by atoms with Gasteiger partial charge in [0.15, 0.2) is 0 Å². The number of carbonyl (C=O) groups excluding carboxylic acids is 1. The normalized spacial score (nSPS) is 11.5. The van der Waals surface area contributed by atoms with Gasteiger partial charge in [-0.25, -0.2) is 8.42 Å². The molecule has 1 aromatic carbocycles. The Morgan fingerprint density at radius 1 is 1.33 bits per heavy atom. The topological polar surface area (TPSA) is 95.2 Å². The SMILES string of the molecule is CCCN(C(=O)c1ccccc1NS(=O)(=O)c1cn[nH]c1)C(C)C. The Morgan fingerprint density at radius 3 is 2.62 bits per heavy atom. The van der Waals surface area contributed by atoms with Crippen molar-refractivity contribution in [2.24, 2.45) is 0 Å². The third-order valence-electron chi connectivity index (χ3n) is 3.53. The maximum atomic E-state index is 12.8. The molecule has 8 heteroatoms. The molecule has 2 aromatic rings. The standard InChI is InChI=1S/C16H22N4O3S/c1-4-9-20(12(2)3)16(21)14-7-5-6-8-15(14)19-24(22,23)13-10-17-18-11-13/h5-8,10-12,19H,4,9H2,1-3H3,(H,17,18). The van der Waals surface area contributed by atoms with Gasteiger partial charge in [0.2, 0.25) is 0 Å². The van der Waals surface area contributed by atoms with E-state index in [1.165, 1.54) is 12.4 Å². The summed E-state index contributed by atoms with van der Waals surface area (Å²) in [5.41, 5.74) is 0.581. The van der Waals surface area contributed by atoms with Crippen molar-refractivity contribution in [3.05, 3.63) is 42.2 Å². The fraction of sp³-hybridized carbons (Fsp3) is 0.375. The number of hydrogen-bond acceptors (Lipinski definition) is 4. The summed E-state index contributed by atoms with van der Waals surface area (Å²) >= 11 is 0. The zero-order chi connectivity index (χ0) is 17.7. The van der Waals surface area contributed by atoms with Gasteiger partial charge in [-0.3, -0.25) is 14.6 Å². The lowest BCUT2D eigenvalue weighted by Crippen LogP contribution is -2.38. The number of sulfonamides is 1. The molecule has 0 radical (unpaired) electrons. The van der Waals surface area contributed by atoms with Crippen LogP contribution in [0.25, 0.3) is 0 Å². The molecule has 1 amide bonds. The second-order valence-corrected chi connectivity index (χ2v) is 7.36. The first-order valence-corrected chi connectivity index (χ1v) is 9.26. The van der Waals surface area contributed by atoms with E-state index >= 15 is 0 Å². The highest BCUT2D eigenvalue weighted by Crippen LogP contribution is 2.22. The Hall–Kier alpha value is -2.35. The minimum absolute atomic E-state index is 0.0130. The monoisotopic (exact) mass is 350 g/mol. The fourth-order valence-corrected chi connectivity index (χ4v) is 3.32. The number of carbonyl (C=O) groups is 1. The van der Waals surface area contributed by atoms with Crippen LogP contribution >= 0.6 is 0 Å². The van der Waals surface area contributed by atoms with Gasteiger partial charge in [0, 0.05) is 18.8 Å². The summed E-state index contributed by atoms with van der Waals surface area (Å²) in [6.45, 7) is 6.48. The van der Waals surface area contributed by atoms with Gasteiger partial charge >= 0.3 is 0 Å². The largest absolute Gasteiger partial charge is 0.336 e. The van der Waals surface area contributed by atoms with Crippen molar-refractivity contribution in [1.29, 1.82) is 0 Å². The van der Waals surface area contributed by atoms with Crippen LogP contribution in [0.15, 0.2) is 41.6 Å². The van der Waals surface area contributed by atoms with E-state index in [2.05, 4.69) is 14.9 Å². The Bertz CT molecular complexity index is 785. The Morgan fingerprint density at radius 2 is 2.04 bits per heavy atom. The van der Waals surface area contributed by atoms with E-state index in [1.807, 2.05) is 20.8 Å². The molecule has 0 saturated heterocycles. The molecule has 1 aromatic heterocycles. The molecule has 24 heavy (non-hydrogen) atoms. The third-order valence-corrected chi connectivity index (χ3v) is 4.87. The summed E-state index contributed by atoms with van der Waals surface area (Å²) in [6, 6.07) is 6.63. The molecule has 7 nitrogen and oxygen atoms in total. The molecule has 0 atom stereocenters. The van der Waals surface area contributed by atoms with Gasteiger partial charge in [0.05, 0.1) is 17.4 Å². The molecule has 0 bridgehead atoms. The van der Waals surface area contributed by atoms with Crippen molar-refractivity contribution in [3.63, 3.8) is 0 Å². The molecule has 0 saturated carbocycles. The number of amides is 1. The van der Waals surface area contributed by atoms with Gasteiger partial charge in [0.1, 0.15) is 4.90 Å². The van der Waals surface area contributed by atoms with Crippen molar-refractivity contribution in [1.82, 2.24) is 15.1 Å². The Kier molecular flexibility index (Phi) is 5.61. The van der Waals surface area contributed by atoms with Crippen LogP contribution in [0.5, 0.6) is 0 Å². The number of benzene rings is 1. The van der Waals surface area contributed by atoms with Crippen molar-refractivity contribution in [3.8, 4) is 0 Å². The summed E-state index contributed by atoms with van der Waals surface area (Å²) in [5.74, 6) is -0.197. The summed E-state index contributed by atoms with van der Waals surface area (Å²) in [4.78, 5) is 14.6. The van der Waals surface area contributed by atoms with Crippen LogP contribution in [0.1, 0.15) is 37.6 Å². The first-order valence-electron chi connectivity index (χ1n) is 7.78. The molecular weight excluding hydrogens is 328 g/mol. The van der Waals surface area contributed by atoms with E-state index in [0.717, 1.165) is 6.42 Å². The highest BCUT2D eigenvalue weighted by atomic mass is 32.2. The van der Waals surface area contributed by atoms with Crippen molar-refractivity contribution < 1.29 is 13.2 Å². The lowest BCUT2D eigenvalue weighted by molar-refractivity contribution is 0.0707. The predicted octanol–water partition coefficient (Wildman–Crippen LogP) is 2.47. The van der Waals surface area contributed by atoms with E-state index in [-0.39, 0.29) is 22.5 Å². The van der Waals surface area contributed by atoms with Crippen LogP contribution in [0, 0.1) is 0 Å². The van der Waals surface area contributed by atoms with Crippen LogP contribution in [-0.4, -0.2) is 42.0 Å². The molecule has 0 aliphatic heterocycles. The third kappa shape index (κ3) is 3.94. The highest BCUT2D eigenvalue weighted by Gasteiger charge is 2.23. The van der Waals surface area contributed by atoms with Crippen LogP contribution in [0.4, 0.5) is 5.69 Å². The lowest BCUT2D eigenvalue weighted by Gasteiger charge is -2.27. The average Bonchev–Trinajstić information content (AvgIpc) is 3.07. The molecule has 130 valence electrons. The number of aromatic nitrogens is 2. The van der Waals surface area contributed by atoms with Crippen molar-refractivity contribution in [2.45, 2.75) is 38.1 Å². The van der Waals surface area contributed by atoms with Crippen LogP contribution in [0.3, 0.4) is 0 Å². The number of hydrogen-bond donors (Lipinski definition) is 2. The molecular formula is C16H22N4O3S. The first-order chi connectivity index (χ1) is 11.4. The molecule has 2 N–H and O–H groups in total. The lowest BCUT2D eigenvalue weighted by atomic mass is 10.1. The highest BCUT2D eigenvalue weighted by molar-refractivity contribution is 7.92. The van der Waals surface area contributed by atoms with Crippen LogP contribution < -0.4 is 4.72 Å². The van der Waals surface area contributed by atoms with Gasteiger partial charge in [-0.2, -0.15) is 5.10 Å². The quantitative estimate of drug-likeness (QED) is 0.802. The molecule has 0 spiro atoms. The van der Waals surface area contributed by atoms with Gasteiger partial charge in [-0.1, -0.05) is 19.1 Å². The maximum absolute atomic E-state index is 12.8. The zero-order valence-corrected chi connectivity index (χ0v) is 14.8. The molecule has 0 fully saturated rings. The van der Waals surface area contributed by atoms with E-state index in [0.29, 0.717) is 12.1 Å². The number of anilines is 1. The maximum Gasteiger partial charge on any atom is 0.265 e. The van der Waals surface area contributed by atoms with Crippen LogP contribution in [-0.2, 0) is 10.0 Å². The Balaban J connectivity index is 2.35. The van der Waals surface area contributed by atoms with E-state index in [9.17, 15) is 13.2 Å². The van der Waals surface area contributed by atoms with Crippen molar-refractivity contribution in [2.75, 3.05) is 11.3 Å². The zero-order valence-electron chi connectivity index (χ0n) is 14.0. The summed E-state index contributed by atoms with van der Waals surface area (Å²) in [5, 5.41) is 6.11. The Labute approximate surface area is 142 Å².